The quantitative estimate of drug-likeness (QED) is 0.833. The van der Waals surface area contributed by atoms with Crippen LogP contribution in [0.5, 0.6) is 0 Å². The maximum atomic E-state index is 6.58. The third-order valence-corrected chi connectivity index (χ3v) is 5.38. The maximum Gasteiger partial charge on any atom is 0.0331 e. The van der Waals surface area contributed by atoms with Gasteiger partial charge in [0.1, 0.15) is 0 Å². The number of hydrogen-bond acceptors (Lipinski definition) is 1. The molecule has 3 unspecified atom stereocenters. The van der Waals surface area contributed by atoms with E-state index in [4.69, 9.17) is 5.73 Å². The molecule has 0 spiro atoms. The Morgan fingerprint density at radius 2 is 1.50 bits per heavy atom. The molecule has 0 saturated heterocycles. The van der Waals surface area contributed by atoms with Crippen molar-refractivity contribution in [2.45, 2.75) is 52.5 Å². The van der Waals surface area contributed by atoms with Gasteiger partial charge in [-0.25, -0.2) is 0 Å². The lowest BCUT2D eigenvalue weighted by molar-refractivity contribution is 0.480. The SMILES string of the molecule is Cc1cc(C)c(C(N)C2C3CCCCC32)cc1C. The molecule has 0 heterocycles. The smallest absolute Gasteiger partial charge is 0.0331 e. The van der Waals surface area contributed by atoms with Crippen LogP contribution in [-0.2, 0) is 0 Å². The van der Waals surface area contributed by atoms with Crippen LogP contribution in [0.4, 0.5) is 0 Å². The van der Waals surface area contributed by atoms with E-state index in [1.165, 1.54) is 47.9 Å². The van der Waals surface area contributed by atoms with Crippen LogP contribution in [0.2, 0.25) is 0 Å². The molecule has 0 aliphatic heterocycles. The molecular weight excluding hydrogens is 218 g/mol. The number of fused-ring (bicyclic) bond motifs is 1. The molecule has 1 aromatic carbocycles. The minimum Gasteiger partial charge on any atom is -0.324 e. The zero-order valence-corrected chi connectivity index (χ0v) is 11.9. The summed E-state index contributed by atoms with van der Waals surface area (Å²) in [7, 11) is 0. The van der Waals surface area contributed by atoms with Crippen LogP contribution in [0.3, 0.4) is 0 Å². The third kappa shape index (κ3) is 1.89. The van der Waals surface area contributed by atoms with Crippen molar-refractivity contribution in [1.29, 1.82) is 0 Å². The molecule has 3 rings (SSSR count). The highest BCUT2D eigenvalue weighted by Gasteiger charge is 2.53. The fourth-order valence-electron chi connectivity index (χ4n) is 4.13. The molecule has 18 heavy (non-hydrogen) atoms. The lowest BCUT2D eigenvalue weighted by Crippen LogP contribution is -2.16. The summed E-state index contributed by atoms with van der Waals surface area (Å²) in [6.07, 6.45) is 5.70. The largest absolute Gasteiger partial charge is 0.324 e. The summed E-state index contributed by atoms with van der Waals surface area (Å²) < 4.78 is 0. The van der Waals surface area contributed by atoms with Crippen LogP contribution < -0.4 is 5.73 Å². The summed E-state index contributed by atoms with van der Waals surface area (Å²) in [4.78, 5) is 0. The van der Waals surface area contributed by atoms with Crippen molar-refractivity contribution in [2.24, 2.45) is 23.5 Å². The minimum absolute atomic E-state index is 0.275. The molecule has 3 atom stereocenters. The van der Waals surface area contributed by atoms with Gasteiger partial charge in [0.05, 0.1) is 0 Å². The first-order valence-corrected chi connectivity index (χ1v) is 7.43. The molecule has 1 nitrogen and oxygen atoms in total. The van der Waals surface area contributed by atoms with Crippen LogP contribution in [-0.4, -0.2) is 0 Å². The molecule has 2 fully saturated rings. The maximum absolute atomic E-state index is 6.58. The Kier molecular flexibility index (Phi) is 2.97. The van der Waals surface area contributed by atoms with Crippen molar-refractivity contribution in [3.05, 3.63) is 34.4 Å². The number of aryl methyl sites for hydroxylation is 3. The second-order valence-corrected chi connectivity index (χ2v) is 6.51. The van der Waals surface area contributed by atoms with E-state index in [1.807, 2.05) is 0 Å². The number of rotatable bonds is 2. The highest BCUT2D eigenvalue weighted by molar-refractivity contribution is 5.39. The monoisotopic (exact) mass is 243 g/mol. The van der Waals surface area contributed by atoms with Gasteiger partial charge in [0.15, 0.2) is 0 Å². The van der Waals surface area contributed by atoms with Crippen LogP contribution in [0.1, 0.15) is 54.0 Å². The molecule has 0 bridgehead atoms. The molecule has 2 aliphatic rings. The first-order chi connectivity index (χ1) is 8.59. The van der Waals surface area contributed by atoms with E-state index in [2.05, 4.69) is 32.9 Å². The molecule has 98 valence electrons. The van der Waals surface area contributed by atoms with Crippen molar-refractivity contribution in [3.8, 4) is 0 Å². The lowest BCUT2D eigenvalue weighted by atomic mass is 9.93. The first kappa shape index (κ1) is 12.2. The molecule has 2 N–H and O–H groups in total. The topological polar surface area (TPSA) is 26.0 Å². The van der Waals surface area contributed by atoms with Crippen molar-refractivity contribution in [3.63, 3.8) is 0 Å². The normalized spacial score (nSPS) is 31.9. The third-order valence-electron chi connectivity index (χ3n) is 5.38. The molecule has 1 heteroatoms. The summed E-state index contributed by atoms with van der Waals surface area (Å²) in [6, 6.07) is 4.91. The van der Waals surface area contributed by atoms with Gasteiger partial charge < -0.3 is 5.73 Å². The Morgan fingerprint density at radius 3 is 2.11 bits per heavy atom. The van der Waals surface area contributed by atoms with Crippen LogP contribution in [0.25, 0.3) is 0 Å². The van der Waals surface area contributed by atoms with Crippen molar-refractivity contribution >= 4 is 0 Å². The Labute approximate surface area is 111 Å². The van der Waals surface area contributed by atoms with Gasteiger partial charge in [0.2, 0.25) is 0 Å². The van der Waals surface area contributed by atoms with Gasteiger partial charge in [-0.2, -0.15) is 0 Å². The van der Waals surface area contributed by atoms with Crippen LogP contribution in [0.15, 0.2) is 12.1 Å². The van der Waals surface area contributed by atoms with Crippen LogP contribution >= 0.6 is 0 Å². The van der Waals surface area contributed by atoms with E-state index < -0.39 is 0 Å². The summed E-state index contributed by atoms with van der Waals surface area (Å²) in [5, 5.41) is 0. The number of hydrogen-bond donors (Lipinski definition) is 1. The Balaban J connectivity index is 1.85. The second-order valence-electron chi connectivity index (χ2n) is 6.51. The molecule has 2 saturated carbocycles. The average Bonchev–Trinajstić information content (AvgIpc) is 3.07. The van der Waals surface area contributed by atoms with Gasteiger partial charge in [-0.15, -0.1) is 0 Å². The highest BCUT2D eigenvalue weighted by Crippen LogP contribution is 2.59. The summed E-state index contributed by atoms with van der Waals surface area (Å²) in [6.45, 7) is 6.60. The van der Waals surface area contributed by atoms with Gasteiger partial charge in [-0.3, -0.25) is 0 Å². The van der Waals surface area contributed by atoms with E-state index in [0.29, 0.717) is 0 Å². The molecule has 2 aliphatic carbocycles. The standard InChI is InChI=1S/C17H25N/c1-10-8-12(3)15(9-11(10)2)17(18)16-13-6-4-5-7-14(13)16/h8-9,13-14,16-17H,4-7,18H2,1-3H3. The van der Waals surface area contributed by atoms with Crippen LogP contribution in [0, 0.1) is 38.5 Å². The van der Waals surface area contributed by atoms with E-state index in [-0.39, 0.29) is 6.04 Å². The first-order valence-electron chi connectivity index (χ1n) is 7.43. The van der Waals surface area contributed by atoms with Crippen molar-refractivity contribution in [2.75, 3.05) is 0 Å². The fraction of sp³-hybridized carbons (Fsp3) is 0.647. The predicted octanol–water partition coefficient (Wildman–Crippen LogP) is 4.05. The number of nitrogens with two attached hydrogens (primary N) is 1. The van der Waals surface area contributed by atoms with E-state index >= 15 is 0 Å². The predicted molar refractivity (Wildman–Crippen MR) is 76.5 cm³/mol. The van der Waals surface area contributed by atoms with E-state index in [9.17, 15) is 0 Å². The van der Waals surface area contributed by atoms with Gasteiger partial charge in [0.25, 0.3) is 0 Å². The van der Waals surface area contributed by atoms with Gasteiger partial charge in [-0.1, -0.05) is 25.0 Å². The zero-order chi connectivity index (χ0) is 12.9. The molecule has 0 radical (unpaired) electrons. The summed E-state index contributed by atoms with van der Waals surface area (Å²) in [5.74, 6) is 2.65. The second kappa shape index (κ2) is 4.38. The number of benzene rings is 1. The molecule has 0 amide bonds. The Bertz CT molecular complexity index is 451. The van der Waals surface area contributed by atoms with Crippen molar-refractivity contribution in [1.82, 2.24) is 0 Å². The highest BCUT2D eigenvalue weighted by atomic mass is 14.7. The molecule has 0 aromatic heterocycles. The van der Waals surface area contributed by atoms with Gasteiger partial charge in [-0.05, 0) is 73.6 Å². The zero-order valence-electron chi connectivity index (χ0n) is 11.9. The molecular formula is C17H25N. The van der Waals surface area contributed by atoms with Gasteiger partial charge in [0, 0.05) is 6.04 Å². The fourth-order valence-corrected chi connectivity index (χ4v) is 4.13. The lowest BCUT2D eigenvalue weighted by Gasteiger charge is -2.17. The average molecular weight is 243 g/mol. The van der Waals surface area contributed by atoms with Crippen molar-refractivity contribution < 1.29 is 0 Å². The van der Waals surface area contributed by atoms with E-state index in [1.54, 1.807) is 0 Å². The van der Waals surface area contributed by atoms with Gasteiger partial charge >= 0.3 is 0 Å². The Hall–Kier alpha value is -0.820. The summed E-state index contributed by atoms with van der Waals surface area (Å²) in [5.41, 5.74) is 12.1. The van der Waals surface area contributed by atoms with E-state index in [0.717, 1.165) is 17.8 Å². The minimum atomic E-state index is 0.275. The summed E-state index contributed by atoms with van der Waals surface area (Å²) >= 11 is 0. The molecule has 1 aromatic rings. The Morgan fingerprint density at radius 1 is 0.944 bits per heavy atom.